The predicted molar refractivity (Wildman–Crippen MR) is 50.5 cm³/mol. The molecule has 0 aromatic rings. The number of carboxylic acids is 1. The largest absolute Gasteiger partial charge is 0.481 e. The Hall–Kier alpha value is -0.860. The molecule has 0 saturated heterocycles. The van der Waals surface area contributed by atoms with E-state index in [1.165, 1.54) is 0 Å². The van der Waals surface area contributed by atoms with E-state index < -0.39 is 11.4 Å². The van der Waals surface area contributed by atoms with Gasteiger partial charge in [-0.1, -0.05) is 13.8 Å². The van der Waals surface area contributed by atoms with E-state index in [1.807, 2.05) is 13.8 Å². The van der Waals surface area contributed by atoms with Crippen molar-refractivity contribution in [2.75, 3.05) is 0 Å². The van der Waals surface area contributed by atoms with Crippen molar-refractivity contribution in [3.63, 3.8) is 0 Å². The van der Waals surface area contributed by atoms with Crippen LogP contribution in [0.1, 0.15) is 40.5 Å². The van der Waals surface area contributed by atoms with Gasteiger partial charge in [-0.2, -0.15) is 0 Å². The number of carboxylic acid groups (broad SMARTS) is 1. The van der Waals surface area contributed by atoms with Crippen LogP contribution >= 0.6 is 0 Å². The van der Waals surface area contributed by atoms with E-state index >= 15 is 0 Å². The molecule has 3 nitrogen and oxygen atoms in total. The molecule has 0 heterocycles. The maximum Gasteiger partial charge on any atom is 0.309 e. The third-order valence-corrected chi connectivity index (χ3v) is 2.14. The molecule has 0 atom stereocenters. The summed E-state index contributed by atoms with van der Waals surface area (Å²) in [6.07, 6.45) is 1.76. The fraction of sp³-hybridized carbons (Fsp3) is 0.800. The van der Waals surface area contributed by atoms with Crippen LogP contribution in [0.2, 0.25) is 0 Å². The van der Waals surface area contributed by atoms with E-state index in [-0.39, 0.29) is 5.41 Å². The zero-order valence-corrected chi connectivity index (χ0v) is 8.76. The van der Waals surface area contributed by atoms with E-state index in [0.717, 1.165) is 6.29 Å². The summed E-state index contributed by atoms with van der Waals surface area (Å²) in [5.41, 5.74) is -0.990. The molecule has 0 radical (unpaired) electrons. The van der Waals surface area contributed by atoms with Gasteiger partial charge in [-0.15, -0.1) is 0 Å². The molecule has 0 unspecified atom stereocenters. The van der Waals surface area contributed by atoms with E-state index in [1.54, 1.807) is 13.8 Å². The molecular weight excluding hydrogens is 168 g/mol. The van der Waals surface area contributed by atoms with Gasteiger partial charge in [-0.05, 0) is 25.7 Å². The Morgan fingerprint density at radius 2 is 1.77 bits per heavy atom. The minimum atomic E-state index is -0.813. The van der Waals surface area contributed by atoms with Crippen molar-refractivity contribution in [1.82, 2.24) is 0 Å². The van der Waals surface area contributed by atoms with Gasteiger partial charge < -0.3 is 9.90 Å². The maximum absolute atomic E-state index is 10.8. The van der Waals surface area contributed by atoms with Gasteiger partial charge in [0.05, 0.1) is 5.41 Å². The second-order valence-corrected chi connectivity index (χ2v) is 4.90. The lowest BCUT2D eigenvalue weighted by atomic mass is 9.74. The van der Waals surface area contributed by atoms with Gasteiger partial charge >= 0.3 is 5.97 Å². The molecule has 0 rings (SSSR count). The molecular formula is C10H18O3. The quantitative estimate of drug-likeness (QED) is 0.669. The van der Waals surface area contributed by atoms with Crippen molar-refractivity contribution in [2.24, 2.45) is 10.8 Å². The highest BCUT2D eigenvalue weighted by Crippen LogP contribution is 2.35. The highest BCUT2D eigenvalue weighted by molar-refractivity contribution is 5.73. The molecule has 1 N–H and O–H groups in total. The van der Waals surface area contributed by atoms with Crippen LogP contribution in [0.25, 0.3) is 0 Å². The average molecular weight is 186 g/mol. The Morgan fingerprint density at radius 3 is 2.08 bits per heavy atom. The molecule has 0 aliphatic rings. The minimum absolute atomic E-state index is 0.233. The van der Waals surface area contributed by atoms with Gasteiger partial charge in [-0.3, -0.25) is 4.79 Å². The van der Waals surface area contributed by atoms with Gasteiger partial charge in [0.15, 0.2) is 0 Å². The summed E-state index contributed by atoms with van der Waals surface area (Å²) in [7, 11) is 0. The molecule has 0 bridgehead atoms. The summed E-state index contributed by atoms with van der Waals surface area (Å²) in [5.74, 6) is -0.813. The molecule has 0 aromatic heterocycles. The van der Waals surface area contributed by atoms with E-state index in [4.69, 9.17) is 5.11 Å². The van der Waals surface area contributed by atoms with Gasteiger partial charge in [0, 0.05) is 6.42 Å². The number of aliphatic carboxylic acids is 1. The SMILES string of the molecule is CC(C)(CC=O)CC(C)(C)C(=O)O. The summed E-state index contributed by atoms with van der Waals surface area (Å²) in [4.78, 5) is 21.1. The summed E-state index contributed by atoms with van der Waals surface area (Å²) in [5, 5.41) is 8.88. The summed E-state index contributed by atoms with van der Waals surface area (Å²) in [6, 6.07) is 0. The second-order valence-electron chi connectivity index (χ2n) is 4.90. The van der Waals surface area contributed by atoms with Crippen LogP contribution in [0.15, 0.2) is 0 Å². The normalized spacial score (nSPS) is 12.6. The first kappa shape index (κ1) is 12.1. The fourth-order valence-corrected chi connectivity index (χ4v) is 1.57. The van der Waals surface area contributed by atoms with Crippen molar-refractivity contribution < 1.29 is 14.7 Å². The minimum Gasteiger partial charge on any atom is -0.481 e. The number of hydrogen-bond donors (Lipinski definition) is 1. The van der Waals surface area contributed by atoms with Gasteiger partial charge in [0.25, 0.3) is 0 Å². The molecule has 0 spiro atoms. The van der Waals surface area contributed by atoms with Crippen LogP contribution in [0.4, 0.5) is 0 Å². The Bertz CT molecular complexity index is 204. The number of carbonyl (C=O) groups excluding carboxylic acids is 1. The Labute approximate surface area is 79.1 Å². The molecule has 0 aromatic carbocycles. The molecule has 3 heteroatoms. The zero-order chi connectivity index (χ0) is 10.7. The Balaban J connectivity index is 4.41. The third-order valence-electron chi connectivity index (χ3n) is 2.14. The van der Waals surface area contributed by atoms with Crippen LogP contribution in [0.3, 0.4) is 0 Å². The first-order chi connectivity index (χ1) is 5.71. The number of aldehydes is 1. The molecule has 13 heavy (non-hydrogen) atoms. The first-order valence-corrected chi connectivity index (χ1v) is 4.38. The Morgan fingerprint density at radius 1 is 1.31 bits per heavy atom. The molecule has 76 valence electrons. The van der Waals surface area contributed by atoms with Crippen molar-refractivity contribution in [3.8, 4) is 0 Å². The smallest absolute Gasteiger partial charge is 0.309 e. The van der Waals surface area contributed by atoms with Crippen molar-refractivity contribution in [2.45, 2.75) is 40.5 Å². The van der Waals surface area contributed by atoms with Gasteiger partial charge in [-0.25, -0.2) is 0 Å². The predicted octanol–water partition coefficient (Wildman–Crippen LogP) is 2.10. The highest BCUT2D eigenvalue weighted by atomic mass is 16.4. The average Bonchev–Trinajstić information content (AvgIpc) is 1.83. The molecule has 0 fully saturated rings. The lowest BCUT2D eigenvalue weighted by Crippen LogP contribution is -2.30. The number of rotatable bonds is 5. The lowest BCUT2D eigenvalue weighted by molar-refractivity contribution is -0.149. The zero-order valence-electron chi connectivity index (χ0n) is 8.76. The monoisotopic (exact) mass is 186 g/mol. The Kier molecular flexibility index (Phi) is 3.64. The first-order valence-electron chi connectivity index (χ1n) is 4.38. The van der Waals surface area contributed by atoms with E-state index in [0.29, 0.717) is 12.8 Å². The van der Waals surface area contributed by atoms with Gasteiger partial charge in [0.1, 0.15) is 6.29 Å². The van der Waals surface area contributed by atoms with Crippen molar-refractivity contribution in [1.29, 1.82) is 0 Å². The third kappa shape index (κ3) is 4.06. The summed E-state index contributed by atoms with van der Waals surface area (Å²) in [6.45, 7) is 7.18. The number of carbonyl (C=O) groups is 2. The standard InChI is InChI=1S/C10H18O3/c1-9(2,5-6-11)7-10(3,4)8(12)13/h6H,5,7H2,1-4H3,(H,12,13). The topological polar surface area (TPSA) is 54.4 Å². The summed E-state index contributed by atoms with van der Waals surface area (Å²) < 4.78 is 0. The van der Waals surface area contributed by atoms with E-state index in [9.17, 15) is 9.59 Å². The van der Waals surface area contributed by atoms with Crippen molar-refractivity contribution >= 4 is 12.3 Å². The molecule has 0 saturated carbocycles. The highest BCUT2D eigenvalue weighted by Gasteiger charge is 2.34. The van der Waals surface area contributed by atoms with Crippen LogP contribution in [-0.2, 0) is 9.59 Å². The second kappa shape index (κ2) is 3.90. The van der Waals surface area contributed by atoms with Crippen molar-refractivity contribution in [3.05, 3.63) is 0 Å². The van der Waals surface area contributed by atoms with E-state index in [2.05, 4.69) is 0 Å². The molecule has 0 aliphatic carbocycles. The lowest BCUT2D eigenvalue weighted by Gasteiger charge is -2.30. The fourth-order valence-electron chi connectivity index (χ4n) is 1.57. The van der Waals surface area contributed by atoms with Crippen LogP contribution in [-0.4, -0.2) is 17.4 Å². The van der Waals surface area contributed by atoms with Crippen LogP contribution in [0.5, 0.6) is 0 Å². The van der Waals surface area contributed by atoms with Gasteiger partial charge in [0.2, 0.25) is 0 Å². The van der Waals surface area contributed by atoms with Crippen LogP contribution < -0.4 is 0 Å². The maximum atomic E-state index is 10.8. The number of hydrogen-bond acceptors (Lipinski definition) is 2. The molecule has 0 aliphatic heterocycles. The summed E-state index contributed by atoms with van der Waals surface area (Å²) >= 11 is 0. The molecule has 0 amide bonds. The van der Waals surface area contributed by atoms with Crippen LogP contribution in [0, 0.1) is 10.8 Å².